The summed E-state index contributed by atoms with van der Waals surface area (Å²) in [6.45, 7) is 18.0. The third-order valence-corrected chi connectivity index (χ3v) is 5.54. The van der Waals surface area contributed by atoms with Crippen molar-refractivity contribution in [2.75, 3.05) is 33.1 Å². The van der Waals surface area contributed by atoms with Gasteiger partial charge in [-0.3, -0.25) is 4.98 Å². The average molecular weight is 483 g/mol. The molecular weight excluding hydrogens is 436 g/mol. The van der Waals surface area contributed by atoms with E-state index in [1.807, 2.05) is 52.2 Å². The first-order chi connectivity index (χ1) is 16.3. The summed E-state index contributed by atoms with van der Waals surface area (Å²) >= 11 is 1.74. The fraction of sp³-hybridized carbons (Fsp3) is 0.414. The number of aromatic nitrogens is 1. The summed E-state index contributed by atoms with van der Waals surface area (Å²) in [4.78, 5) is 6.58. The highest BCUT2D eigenvalue weighted by molar-refractivity contribution is 8.02. The second kappa shape index (κ2) is 19.9. The number of hydrogen-bond donors (Lipinski definition) is 2. The first-order valence-electron chi connectivity index (χ1n) is 11.9. The van der Waals surface area contributed by atoms with Gasteiger partial charge in [-0.1, -0.05) is 43.4 Å². The number of pyridine rings is 1. The van der Waals surface area contributed by atoms with Gasteiger partial charge in [0.05, 0.1) is 5.88 Å². The van der Waals surface area contributed by atoms with Crippen LogP contribution in [0.5, 0.6) is 0 Å². The zero-order chi connectivity index (χ0) is 25.8. The minimum Gasteiger partial charge on any atom is -0.387 e. The van der Waals surface area contributed by atoms with Crippen molar-refractivity contribution in [3.63, 3.8) is 0 Å². The van der Waals surface area contributed by atoms with Crippen molar-refractivity contribution in [2.24, 2.45) is 5.92 Å². The van der Waals surface area contributed by atoms with E-state index in [1.54, 1.807) is 24.0 Å². The highest BCUT2D eigenvalue weighted by atomic mass is 32.2. The molecule has 34 heavy (non-hydrogen) atoms. The van der Waals surface area contributed by atoms with Crippen LogP contribution < -0.4 is 10.6 Å². The molecule has 0 aromatic carbocycles. The smallest absolute Gasteiger partial charge is 0.0652 e. The summed E-state index contributed by atoms with van der Waals surface area (Å²) in [5.41, 5.74) is 6.07. The Labute approximate surface area is 213 Å². The lowest BCUT2D eigenvalue weighted by Gasteiger charge is -2.23. The van der Waals surface area contributed by atoms with Crippen LogP contribution in [0.2, 0.25) is 0 Å². The number of hydrogen-bond acceptors (Lipinski definition) is 5. The maximum atomic E-state index is 4.19. The Hall–Kier alpha value is -2.50. The summed E-state index contributed by atoms with van der Waals surface area (Å²) in [5, 5.41) is 9.02. The third kappa shape index (κ3) is 13.9. The molecule has 0 saturated heterocycles. The fourth-order valence-electron chi connectivity index (χ4n) is 3.23. The van der Waals surface area contributed by atoms with Gasteiger partial charge in [-0.25, -0.2) is 0 Å². The van der Waals surface area contributed by atoms with Crippen molar-refractivity contribution in [3.05, 3.63) is 95.4 Å². The summed E-state index contributed by atoms with van der Waals surface area (Å²) in [7, 11) is 4.13. The molecule has 0 bridgehead atoms. The molecule has 0 fully saturated rings. The van der Waals surface area contributed by atoms with Crippen LogP contribution in [0, 0.1) is 5.92 Å². The SMILES string of the molecule is C/C=C\C.C=CC.CN/C(=C\SCNC1=C(/C)CN(C)CC(C)/C=C/C=C\1C)c1cccnc1. The molecule has 1 aromatic heterocycles. The monoisotopic (exact) mass is 482 g/mol. The molecule has 0 saturated carbocycles. The predicted molar refractivity (Wildman–Crippen MR) is 155 cm³/mol. The molecule has 0 radical (unpaired) electrons. The minimum absolute atomic E-state index is 0.564. The standard InChI is InChI=1S/C22H32N4S.C4H8.C3H6/c1-17-8-6-9-18(2)22(19(3)14-26(5)13-17)25-16-27-15-21(23-4)20-10-7-11-24-12-20;1-3-4-2;1-3-2/h6-12,15,17,23,25H,13-14,16H2,1-5H3;3-4H,1-2H3;3H,1H2,2H3/b8-6+,18-9-,21-15-,22-19-;4-3-;. The third-order valence-electron chi connectivity index (χ3n) is 4.82. The molecule has 2 rings (SSSR count). The van der Waals surface area contributed by atoms with E-state index in [0.29, 0.717) is 5.92 Å². The molecule has 5 heteroatoms. The lowest BCUT2D eigenvalue weighted by molar-refractivity contribution is 0.330. The Morgan fingerprint density at radius 3 is 2.50 bits per heavy atom. The van der Waals surface area contributed by atoms with Gasteiger partial charge in [0.15, 0.2) is 0 Å². The van der Waals surface area contributed by atoms with E-state index in [-0.39, 0.29) is 0 Å². The molecule has 1 aliphatic rings. The largest absolute Gasteiger partial charge is 0.387 e. The molecule has 4 nitrogen and oxygen atoms in total. The molecule has 1 atom stereocenters. The van der Waals surface area contributed by atoms with Gasteiger partial charge in [-0.2, -0.15) is 0 Å². The number of nitrogens with one attached hydrogen (secondary N) is 2. The molecule has 0 spiro atoms. The molecular formula is C29H46N4S. The van der Waals surface area contributed by atoms with E-state index in [1.165, 1.54) is 16.8 Å². The minimum atomic E-state index is 0.564. The number of allylic oxidation sites excluding steroid dienone is 6. The summed E-state index contributed by atoms with van der Waals surface area (Å²) in [5.74, 6) is 1.38. The molecule has 1 aromatic rings. The molecule has 1 aliphatic heterocycles. The van der Waals surface area contributed by atoms with Crippen LogP contribution in [0.25, 0.3) is 5.70 Å². The van der Waals surface area contributed by atoms with E-state index in [9.17, 15) is 0 Å². The Morgan fingerprint density at radius 1 is 1.26 bits per heavy atom. The van der Waals surface area contributed by atoms with Crippen molar-refractivity contribution >= 4 is 17.5 Å². The quantitative estimate of drug-likeness (QED) is 0.259. The van der Waals surface area contributed by atoms with Crippen molar-refractivity contribution in [3.8, 4) is 0 Å². The lowest BCUT2D eigenvalue weighted by atomic mass is 10.0. The maximum absolute atomic E-state index is 4.19. The van der Waals surface area contributed by atoms with Crippen molar-refractivity contribution < 1.29 is 0 Å². The molecule has 0 amide bonds. The van der Waals surface area contributed by atoms with E-state index in [2.05, 4.69) is 84.6 Å². The van der Waals surface area contributed by atoms with E-state index in [0.717, 1.165) is 30.2 Å². The van der Waals surface area contributed by atoms with Crippen LogP contribution >= 0.6 is 11.8 Å². The van der Waals surface area contributed by atoms with Gasteiger partial charge in [-0.05, 0) is 76.3 Å². The van der Waals surface area contributed by atoms with Gasteiger partial charge in [0.1, 0.15) is 0 Å². The fourth-order valence-corrected chi connectivity index (χ4v) is 3.96. The second-order valence-electron chi connectivity index (χ2n) is 8.15. The Balaban J connectivity index is 0.00000137. The molecule has 2 heterocycles. The van der Waals surface area contributed by atoms with Crippen LogP contribution in [-0.2, 0) is 0 Å². The molecule has 188 valence electrons. The average Bonchev–Trinajstić information content (AvgIpc) is 2.82. The van der Waals surface area contributed by atoms with Gasteiger partial charge in [-0.15, -0.1) is 18.3 Å². The highest BCUT2D eigenvalue weighted by Gasteiger charge is 2.10. The van der Waals surface area contributed by atoms with Gasteiger partial charge in [0.2, 0.25) is 0 Å². The van der Waals surface area contributed by atoms with Gasteiger partial charge >= 0.3 is 0 Å². The number of nitrogens with zero attached hydrogens (tertiary/aromatic N) is 2. The van der Waals surface area contributed by atoms with Crippen LogP contribution in [0.3, 0.4) is 0 Å². The summed E-state index contributed by atoms with van der Waals surface area (Å²) < 4.78 is 0. The van der Waals surface area contributed by atoms with Crippen LogP contribution in [0.4, 0.5) is 0 Å². The Kier molecular flexibility index (Phi) is 18.5. The Bertz CT molecular complexity index is 831. The van der Waals surface area contributed by atoms with Crippen LogP contribution in [-0.4, -0.2) is 42.9 Å². The molecule has 0 aliphatic carbocycles. The van der Waals surface area contributed by atoms with E-state index in [4.69, 9.17) is 0 Å². The molecule has 1 unspecified atom stereocenters. The maximum Gasteiger partial charge on any atom is 0.0652 e. The first-order valence-corrected chi connectivity index (χ1v) is 12.9. The number of likely N-dealkylation sites (N-methyl/N-ethyl adjacent to an activating group) is 1. The predicted octanol–water partition coefficient (Wildman–Crippen LogP) is 7.01. The topological polar surface area (TPSA) is 40.2 Å². The molecule has 2 N–H and O–H groups in total. The van der Waals surface area contributed by atoms with E-state index >= 15 is 0 Å². The van der Waals surface area contributed by atoms with Crippen molar-refractivity contribution in [1.29, 1.82) is 0 Å². The van der Waals surface area contributed by atoms with Gasteiger partial charge in [0.25, 0.3) is 0 Å². The van der Waals surface area contributed by atoms with Crippen molar-refractivity contribution in [1.82, 2.24) is 20.5 Å². The summed E-state index contributed by atoms with van der Waals surface area (Å²) in [6.07, 6.45) is 16.1. The van der Waals surface area contributed by atoms with E-state index < -0.39 is 0 Å². The van der Waals surface area contributed by atoms with Crippen LogP contribution in [0.1, 0.15) is 47.1 Å². The van der Waals surface area contributed by atoms with Crippen molar-refractivity contribution in [2.45, 2.75) is 41.5 Å². The normalized spacial score (nSPS) is 21.7. The first kappa shape index (κ1) is 31.5. The highest BCUT2D eigenvalue weighted by Crippen LogP contribution is 2.18. The zero-order valence-corrected chi connectivity index (χ0v) is 23.4. The zero-order valence-electron chi connectivity index (χ0n) is 22.6. The number of thioether (sulfide) groups is 1. The number of rotatable bonds is 6. The Morgan fingerprint density at radius 2 is 1.94 bits per heavy atom. The van der Waals surface area contributed by atoms with Gasteiger partial charge in [0, 0.05) is 49.5 Å². The second-order valence-corrected chi connectivity index (χ2v) is 9.01. The summed E-state index contributed by atoms with van der Waals surface area (Å²) in [6, 6.07) is 4.02. The van der Waals surface area contributed by atoms with Crippen LogP contribution in [0.15, 0.2) is 89.8 Å². The van der Waals surface area contributed by atoms with Gasteiger partial charge < -0.3 is 15.5 Å². The lowest BCUT2D eigenvalue weighted by Crippen LogP contribution is -2.28.